The molecular weight excluding hydrogens is 752 g/mol. The number of allylic oxidation sites excluding steroid dienone is 1. The van der Waals surface area contributed by atoms with Gasteiger partial charge in [-0.05, 0) is 69.4 Å². The van der Waals surface area contributed by atoms with Gasteiger partial charge in [0, 0.05) is 42.3 Å². The standard InChI is InChI=1S/C42H55BrN4O7/c1-8-12-18-33(49)44-27(7)36(28-16-14-13-15-17-28)53-41(52)34-35-39(50)47(32(25-48)26(5)6)38(42(35)24-31(43)37(34)54-42)40(51)46(23-9-2)30-21-19-29(20-22-30)45(10-3)11-4/h8-9,13-17,19-22,26-27,31-32,34-38,48H,1-2,10-12,18,23-25H2,3-7H3,(H,44,49)/t27-,31?,32-,34+,35-,36-,37+,38+,42-/m0/s1. The van der Waals surface area contributed by atoms with Gasteiger partial charge in [-0.3, -0.25) is 19.2 Å². The topological polar surface area (TPSA) is 129 Å². The summed E-state index contributed by atoms with van der Waals surface area (Å²) in [4.78, 5) is 62.3. The molecule has 3 aliphatic heterocycles. The van der Waals surface area contributed by atoms with Gasteiger partial charge in [0.1, 0.15) is 17.7 Å². The Hall–Kier alpha value is -4.00. The molecule has 3 fully saturated rings. The molecule has 2 bridgehead atoms. The highest BCUT2D eigenvalue weighted by Gasteiger charge is 2.77. The molecule has 3 amide bonds. The number of esters is 1. The average Bonchev–Trinajstić information content (AvgIpc) is 3.76. The maximum Gasteiger partial charge on any atom is 0.313 e. The highest BCUT2D eigenvalue weighted by atomic mass is 79.9. The van der Waals surface area contributed by atoms with Gasteiger partial charge in [-0.25, -0.2) is 0 Å². The lowest BCUT2D eigenvalue weighted by atomic mass is 9.70. The van der Waals surface area contributed by atoms with E-state index in [0.717, 1.165) is 18.8 Å². The summed E-state index contributed by atoms with van der Waals surface area (Å²) in [5.74, 6) is -4.00. The molecule has 1 spiro atoms. The second-order valence-electron chi connectivity index (χ2n) is 14.8. The van der Waals surface area contributed by atoms with Crippen molar-refractivity contribution in [3.8, 4) is 0 Å². The number of fused-ring (bicyclic) bond motifs is 1. The highest BCUT2D eigenvalue weighted by Crippen LogP contribution is 2.61. The number of aliphatic hydroxyl groups is 1. The number of nitrogens with one attached hydrogen (secondary N) is 1. The van der Waals surface area contributed by atoms with E-state index in [1.807, 2.05) is 68.4 Å². The lowest BCUT2D eigenvalue weighted by molar-refractivity contribution is -0.162. The first-order valence-electron chi connectivity index (χ1n) is 19.1. The molecular formula is C42H55BrN4O7. The molecule has 0 saturated carbocycles. The maximum atomic E-state index is 15.1. The van der Waals surface area contributed by atoms with Gasteiger partial charge in [-0.1, -0.05) is 72.3 Å². The third kappa shape index (κ3) is 7.75. The number of alkyl halides is 1. The van der Waals surface area contributed by atoms with Crippen LogP contribution in [0.5, 0.6) is 0 Å². The van der Waals surface area contributed by atoms with E-state index in [0.29, 0.717) is 24.1 Å². The van der Waals surface area contributed by atoms with E-state index in [2.05, 4.69) is 53.2 Å². The van der Waals surface area contributed by atoms with Crippen LogP contribution in [0, 0.1) is 17.8 Å². The van der Waals surface area contributed by atoms with E-state index in [1.165, 1.54) is 4.90 Å². The summed E-state index contributed by atoms with van der Waals surface area (Å²) < 4.78 is 13.1. The van der Waals surface area contributed by atoms with E-state index in [9.17, 15) is 19.5 Å². The first-order valence-corrected chi connectivity index (χ1v) is 20.0. The largest absolute Gasteiger partial charge is 0.455 e. The predicted molar refractivity (Wildman–Crippen MR) is 213 cm³/mol. The number of likely N-dealkylation sites (tertiary alicyclic amines) is 1. The Morgan fingerprint density at radius 2 is 1.70 bits per heavy atom. The first-order chi connectivity index (χ1) is 25.9. The molecule has 2 aromatic rings. The minimum Gasteiger partial charge on any atom is -0.455 e. The Bertz CT molecular complexity index is 1670. The van der Waals surface area contributed by atoms with E-state index >= 15 is 4.79 Å². The molecule has 3 aliphatic rings. The van der Waals surface area contributed by atoms with Crippen LogP contribution < -0.4 is 15.1 Å². The molecule has 11 nitrogen and oxygen atoms in total. The van der Waals surface area contributed by atoms with Crippen molar-refractivity contribution in [3.05, 3.63) is 85.5 Å². The Labute approximate surface area is 327 Å². The third-order valence-corrected chi connectivity index (χ3v) is 12.0. The number of carbonyl (C=O) groups excluding carboxylic acids is 4. The molecule has 0 radical (unpaired) electrons. The molecule has 12 heteroatoms. The van der Waals surface area contributed by atoms with Crippen LogP contribution in [0.15, 0.2) is 79.9 Å². The number of carbonyl (C=O) groups is 4. The molecule has 0 aliphatic carbocycles. The number of nitrogens with zero attached hydrogens (tertiary/aromatic N) is 3. The van der Waals surface area contributed by atoms with Crippen molar-refractivity contribution in [1.29, 1.82) is 0 Å². The first kappa shape index (κ1) is 41.2. The van der Waals surface area contributed by atoms with Crippen LogP contribution in [-0.2, 0) is 28.7 Å². The van der Waals surface area contributed by atoms with Crippen LogP contribution in [-0.4, -0.2) is 94.6 Å². The fraction of sp³-hybridized carbons (Fsp3) is 0.524. The van der Waals surface area contributed by atoms with Crippen LogP contribution in [0.3, 0.4) is 0 Å². The lowest BCUT2D eigenvalue weighted by Crippen LogP contribution is -2.60. The molecule has 292 valence electrons. The molecule has 9 atom stereocenters. The maximum absolute atomic E-state index is 15.1. The predicted octanol–water partition coefficient (Wildman–Crippen LogP) is 5.57. The summed E-state index contributed by atoms with van der Waals surface area (Å²) in [7, 11) is 0. The van der Waals surface area contributed by atoms with Gasteiger partial charge < -0.3 is 34.6 Å². The number of amides is 3. The molecule has 2 N–H and O–H groups in total. The normalized spacial score (nSPS) is 25.8. The van der Waals surface area contributed by atoms with Crippen LogP contribution >= 0.6 is 15.9 Å². The zero-order valence-corrected chi connectivity index (χ0v) is 33.6. The van der Waals surface area contributed by atoms with Crippen LogP contribution in [0.4, 0.5) is 11.4 Å². The van der Waals surface area contributed by atoms with Crippen molar-refractivity contribution >= 4 is 51.0 Å². The highest BCUT2D eigenvalue weighted by molar-refractivity contribution is 9.09. The van der Waals surface area contributed by atoms with E-state index < -0.39 is 59.6 Å². The number of benzene rings is 2. The van der Waals surface area contributed by atoms with Gasteiger partial charge in [-0.2, -0.15) is 0 Å². The summed E-state index contributed by atoms with van der Waals surface area (Å²) in [5.41, 5.74) is 0.941. The van der Waals surface area contributed by atoms with Crippen molar-refractivity contribution in [2.45, 2.75) is 94.6 Å². The van der Waals surface area contributed by atoms with Crippen LogP contribution in [0.1, 0.15) is 65.5 Å². The zero-order chi connectivity index (χ0) is 39.3. The summed E-state index contributed by atoms with van der Waals surface area (Å²) in [6.07, 6.45) is 2.71. The molecule has 3 saturated heterocycles. The van der Waals surface area contributed by atoms with Gasteiger partial charge in [0.15, 0.2) is 0 Å². The van der Waals surface area contributed by atoms with E-state index in [-0.39, 0.29) is 42.1 Å². The Morgan fingerprint density at radius 1 is 1.06 bits per heavy atom. The second-order valence-corrected chi connectivity index (χ2v) is 16.0. The van der Waals surface area contributed by atoms with Crippen molar-refractivity contribution in [1.82, 2.24) is 10.2 Å². The van der Waals surface area contributed by atoms with Crippen molar-refractivity contribution < 1.29 is 33.8 Å². The molecule has 5 rings (SSSR count). The summed E-state index contributed by atoms with van der Waals surface area (Å²) in [6.45, 7) is 18.8. The van der Waals surface area contributed by atoms with Crippen molar-refractivity contribution in [2.24, 2.45) is 17.8 Å². The van der Waals surface area contributed by atoms with Crippen LogP contribution in [0.25, 0.3) is 0 Å². The Kier molecular flexibility index (Phi) is 13.4. The second kappa shape index (κ2) is 17.6. The quantitative estimate of drug-likeness (QED) is 0.114. The van der Waals surface area contributed by atoms with Gasteiger partial charge in [0.2, 0.25) is 11.8 Å². The Balaban J connectivity index is 1.54. The summed E-state index contributed by atoms with van der Waals surface area (Å²) in [6, 6.07) is 14.4. The SMILES string of the molecule is C=CCCC(=O)N[C@@H](C)[C@H](OC(=O)[C@H]1[C@@H]2O[C@@]3(CC2Br)[C@@H]1C(=O)N([C@@H](CO)C(C)C)[C@@H]3C(=O)N(CC=C)c1ccc(N(CC)CC)cc1)c1ccccc1. The van der Waals surface area contributed by atoms with Gasteiger partial charge >= 0.3 is 5.97 Å². The number of anilines is 2. The fourth-order valence-electron chi connectivity index (χ4n) is 8.57. The van der Waals surface area contributed by atoms with Crippen molar-refractivity contribution in [3.63, 3.8) is 0 Å². The monoisotopic (exact) mass is 806 g/mol. The summed E-state index contributed by atoms with van der Waals surface area (Å²) in [5, 5.41) is 13.7. The lowest BCUT2D eigenvalue weighted by Gasteiger charge is -2.40. The van der Waals surface area contributed by atoms with Crippen LogP contribution in [0.2, 0.25) is 0 Å². The van der Waals surface area contributed by atoms with E-state index in [4.69, 9.17) is 9.47 Å². The molecule has 3 heterocycles. The number of rotatable bonds is 18. The summed E-state index contributed by atoms with van der Waals surface area (Å²) >= 11 is 3.76. The molecule has 54 heavy (non-hydrogen) atoms. The zero-order valence-electron chi connectivity index (χ0n) is 32.0. The smallest absolute Gasteiger partial charge is 0.313 e. The average molecular weight is 808 g/mol. The molecule has 2 aromatic carbocycles. The third-order valence-electron chi connectivity index (χ3n) is 11.2. The van der Waals surface area contributed by atoms with Crippen molar-refractivity contribution in [2.75, 3.05) is 36.0 Å². The minimum atomic E-state index is -1.38. The number of aliphatic hydroxyl groups excluding tert-OH is 1. The Morgan fingerprint density at radius 3 is 2.28 bits per heavy atom. The number of hydrogen-bond acceptors (Lipinski definition) is 8. The number of ether oxygens (including phenoxy) is 2. The van der Waals surface area contributed by atoms with Gasteiger partial charge in [0.05, 0.1) is 36.6 Å². The fourth-order valence-corrected chi connectivity index (χ4v) is 9.51. The molecule has 1 unspecified atom stereocenters. The minimum absolute atomic E-state index is 0.163. The number of hydrogen-bond donors (Lipinski definition) is 2. The molecule has 0 aromatic heterocycles. The number of halogens is 1. The van der Waals surface area contributed by atoms with E-state index in [1.54, 1.807) is 24.0 Å². The van der Waals surface area contributed by atoms with Gasteiger partial charge in [-0.15, -0.1) is 13.2 Å². The van der Waals surface area contributed by atoms with Gasteiger partial charge in [0.25, 0.3) is 5.91 Å².